The number of nitrogens with one attached hydrogen (secondary N) is 1. The maximum Gasteiger partial charge on any atom is 0.161 e. The Labute approximate surface area is 131 Å². The first-order chi connectivity index (χ1) is 10.7. The predicted octanol–water partition coefficient (Wildman–Crippen LogP) is 2.86. The highest BCUT2D eigenvalue weighted by molar-refractivity contribution is 5.67. The number of aromatic nitrogens is 2. The van der Waals surface area contributed by atoms with Crippen molar-refractivity contribution < 1.29 is 9.47 Å². The van der Waals surface area contributed by atoms with Crippen LogP contribution in [0.1, 0.15) is 24.6 Å². The van der Waals surface area contributed by atoms with E-state index in [1.165, 1.54) is 11.3 Å². The molecule has 0 atom stereocenters. The van der Waals surface area contributed by atoms with Gasteiger partial charge in [-0.3, -0.25) is 5.10 Å². The van der Waals surface area contributed by atoms with Crippen LogP contribution in [0.2, 0.25) is 0 Å². The quantitative estimate of drug-likeness (QED) is 0.922. The fourth-order valence-corrected chi connectivity index (χ4v) is 2.81. The summed E-state index contributed by atoms with van der Waals surface area (Å²) in [5.74, 6) is 1.54. The van der Waals surface area contributed by atoms with Crippen LogP contribution in [0.25, 0.3) is 11.3 Å². The van der Waals surface area contributed by atoms with Crippen molar-refractivity contribution in [2.24, 2.45) is 0 Å². The average molecular weight is 301 g/mol. The first-order valence-electron chi connectivity index (χ1n) is 7.78. The molecule has 2 heterocycles. The fourth-order valence-electron chi connectivity index (χ4n) is 2.81. The third kappa shape index (κ3) is 2.81. The molecule has 0 unspecified atom stereocenters. The minimum absolute atomic E-state index is 0.693. The van der Waals surface area contributed by atoms with E-state index < -0.39 is 0 Å². The van der Waals surface area contributed by atoms with Gasteiger partial charge in [0.1, 0.15) is 0 Å². The molecule has 0 radical (unpaired) electrons. The van der Waals surface area contributed by atoms with Crippen LogP contribution in [0.15, 0.2) is 18.2 Å². The second kappa shape index (κ2) is 6.40. The zero-order valence-corrected chi connectivity index (χ0v) is 13.5. The van der Waals surface area contributed by atoms with E-state index in [0.29, 0.717) is 6.61 Å². The molecule has 0 fully saturated rings. The molecule has 0 amide bonds. The van der Waals surface area contributed by atoms with Gasteiger partial charge in [-0.15, -0.1) is 0 Å². The van der Waals surface area contributed by atoms with E-state index in [9.17, 15) is 0 Å². The molecule has 1 aromatic heterocycles. The minimum atomic E-state index is 0.693. The third-order valence-corrected chi connectivity index (χ3v) is 4.02. The topological polar surface area (TPSA) is 50.4 Å². The van der Waals surface area contributed by atoms with Crippen LogP contribution < -0.4 is 9.47 Å². The van der Waals surface area contributed by atoms with Crippen molar-refractivity contribution >= 4 is 0 Å². The summed E-state index contributed by atoms with van der Waals surface area (Å²) >= 11 is 0. The minimum Gasteiger partial charge on any atom is -0.493 e. The summed E-state index contributed by atoms with van der Waals surface area (Å²) < 4.78 is 11.2. The van der Waals surface area contributed by atoms with Gasteiger partial charge in [-0.1, -0.05) is 6.92 Å². The molecule has 1 aliphatic heterocycles. The van der Waals surface area contributed by atoms with E-state index in [1.807, 2.05) is 12.1 Å². The Morgan fingerprint density at radius 3 is 2.95 bits per heavy atom. The molecule has 0 bridgehead atoms. The lowest BCUT2D eigenvalue weighted by Crippen LogP contribution is -2.26. The smallest absolute Gasteiger partial charge is 0.161 e. The summed E-state index contributed by atoms with van der Waals surface area (Å²) in [5, 5.41) is 7.70. The summed E-state index contributed by atoms with van der Waals surface area (Å²) in [4.78, 5) is 2.32. The number of hydrogen-bond acceptors (Lipinski definition) is 4. The normalized spacial score (nSPS) is 14.7. The first-order valence-corrected chi connectivity index (χ1v) is 7.78. The van der Waals surface area contributed by atoms with Gasteiger partial charge in [-0.25, -0.2) is 0 Å². The Morgan fingerprint density at radius 2 is 2.18 bits per heavy atom. The molecule has 0 saturated heterocycles. The van der Waals surface area contributed by atoms with Gasteiger partial charge in [0.2, 0.25) is 0 Å². The highest BCUT2D eigenvalue weighted by Crippen LogP contribution is 2.34. The number of nitrogens with zero attached hydrogens (tertiary/aromatic N) is 2. The second-order valence-electron chi connectivity index (χ2n) is 5.73. The molecule has 3 rings (SSSR count). The lowest BCUT2D eigenvalue weighted by molar-refractivity contribution is 0.294. The van der Waals surface area contributed by atoms with Crippen LogP contribution in [-0.2, 0) is 13.0 Å². The molecule has 1 N–H and O–H groups in total. The lowest BCUT2D eigenvalue weighted by atomic mass is 10.0. The Balaban J connectivity index is 1.94. The predicted molar refractivity (Wildman–Crippen MR) is 86.4 cm³/mol. The Bertz CT molecular complexity index is 651. The maximum atomic E-state index is 5.72. The molecule has 5 nitrogen and oxygen atoms in total. The van der Waals surface area contributed by atoms with Gasteiger partial charge in [0.05, 0.1) is 19.4 Å². The zero-order chi connectivity index (χ0) is 15.5. The van der Waals surface area contributed by atoms with E-state index in [1.54, 1.807) is 7.11 Å². The highest BCUT2D eigenvalue weighted by Gasteiger charge is 2.21. The van der Waals surface area contributed by atoms with E-state index in [-0.39, 0.29) is 0 Å². The van der Waals surface area contributed by atoms with Gasteiger partial charge >= 0.3 is 0 Å². The number of hydrogen-bond donors (Lipinski definition) is 1. The van der Waals surface area contributed by atoms with Crippen molar-refractivity contribution in [3.8, 4) is 22.8 Å². The standard InChI is InChI=1S/C17H23N3O2/c1-4-9-22-15-6-5-12(10-16(15)21-3)17-13-11-20(2)8-7-14(13)18-19-17/h5-6,10H,4,7-9,11H2,1-3H3,(H,18,19). The van der Waals surface area contributed by atoms with Crippen molar-refractivity contribution in [2.45, 2.75) is 26.3 Å². The summed E-state index contributed by atoms with van der Waals surface area (Å²) in [6, 6.07) is 6.03. The Morgan fingerprint density at radius 1 is 1.32 bits per heavy atom. The largest absolute Gasteiger partial charge is 0.493 e. The summed E-state index contributed by atoms with van der Waals surface area (Å²) in [7, 11) is 3.81. The number of ether oxygens (including phenoxy) is 2. The number of aromatic amines is 1. The average Bonchev–Trinajstić information content (AvgIpc) is 2.95. The SMILES string of the molecule is CCCOc1ccc(-c2n[nH]c3c2CN(C)CC3)cc1OC. The van der Waals surface area contributed by atoms with Crippen molar-refractivity contribution in [1.82, 2.24) is 15.1 Å². The number of methoxy groups -OCH3 is 1. The molecule has 5 heteroatoms. The zero-order valence-electron chi connectivity index (χ0n) is 13.5. The summed E-state index contributed by atoms with van der Waals surface area (Å²) in [6.45, 7) is 4.78. The van der Waals surface area contributed by atoms with Gasteiger partial charge < -0.3 is 14.4 Å². The van der Waals surface area contributed by atoms with Crippen molar-refractivity contribution in [1.29, 1.82) is 0 Å². The van der Waals surface area contributed by atoms with Crippen LogP contribution in [0.3, 0.4) is 0 Å². The van der Waals surface area contributed by atoms with Crippen LogP contribution in [0, 0.1) is 0 Å². The first kappa shape index (κ1) is 14.9. The maximum absolute atomic E-state index is 5.72. The fraction of sp³-hybridized carbons (Fsp3) is 0.471. The van der Waals surface area contributed by atoms with Crippen molar-refractivity contribution in [3.05, 3.63) is 29.5 Å². The van der Waals surface area contributed by atoms with Gasteiger partial charge in [0.15, 0.2) is 11.5 Å². The second-order valence-corrected chi connectivity index (χ2v) is 5.73. The molecule has 1 aromatic carbocycles. The molecular weight excluding hydrogens is 278 g/mol. The molecule has 0 aliphatic carbocycles. The van der Waals surface area contributed by atoms with Gasteiger partial charge in [-0.05, 0) is 31.7 Å². The lowest BCUT2D eigenvalue weighted by Gasteiger charge is -2.22. The van der Waals surface area contributed by atoms with E-state index in [2.05, 4.69) is 35.1 Å². The molecule has 0 spiro atoms. The van der Waals surface area contributed by atoms with E-state index >= 15 is 0 Å². The number of fused-ring (bicyclic) bond motifs is 1. The van der Waals surface area contributed by atoms with Crippen LogP contribution >= 0.6 is 0 Å². The number of benzene rings is 1. The molecule has 2 aromatic rings. The van der Waals surface area contributed by atoms with E-state index in [4.69, 9.17) is 9.47 Å². The summed E-state index contributed by atoms with van der Waals surface area (Å²) in [6.07, 6.45) is 2.00. The Kier molecular flexibility index (Phi) is 4.34. The van der Waals surface area contributed by atoms with Crippen LogP contribution in [0.4, 0.5) is 0 Å². The van der Waals surface area contributed by atoms with E-state index in [0.717, 1.165) is 48.7 Å². The van der Waals surface area contributed by atoms with Crippen molar-refractivity contribution in [2.75, 3.05) is 27.3 Å². The molecule has 0 saturated carbocycles. The summed E-state index contributed by atoms with van der Waals surface area (Å²) in [5.41, 5.74) is 4.62. The number of rotatable bonds is 5. The van der Waals surface area contributed by atoms with Crippen LogP contribution in [0.5, 0.6) is 11.5 Å². The molecule has 118 valence electrons. The molecular formula is C17H23N3O2. The number of likely N-dealkylation sites (N-methyl/N-ethyl adjacent to an activating group) is 1. The van der Waals surface area contributed by atoms with Crippen molar-refractivity contribution in [3.63, 3.8) is 0 Å². The number of H-pyrrole nitrogens is 1. The molecule has 22 heavy (non-hydrogen) atoms. The third-order valence-electron chi connectivity index (χ3n) is 4.02. The highest BCUT2D eigenvalue weighted by atomic mass is 16.5. The van der Waals surface area contributed by atoms with Crippen LogP contribution in [-0.4, -0.2) is 42.4 Å². The van der Waals surface area contributed by atoms with Gasteiger partial charge in [-0.2, -0.15) is 5.10 Å². The monoisotopic (exact) mass is 301 g/mol. The Hall–Kier alpha value is -2.01. The van der Waals surface area contributed by atoms with Gasteiger partial charge in [0.25, 0.3) is 0 Å². The van der Waals surface area contributed by atoms with Gasteiger partial charge in [0, 0.05) is 36.3 Å². The molecule has 1 aliphatic rings.